The first-order valence-corrected chi connectivity index (χ1v) is 8.42. The van der Waals surface area contributed by atoms with E-state index in [-0.39, 0.29) is 11.6 Å². The highest BCUT2D eigenvalue weighted by Crippen LogP contribution is 2.17. The van der Waals surface area contributed by atoms with Crippen LogP contribution in [0.3, 0.4) is 0 Å². The van der Waals surface area contributed by atoms with Gasteiger partial charge in [0.15, 0.2) is 5.69 Å². The summed E-state index contributed by atoms with van der Waals surface area (Å²) < 4.78 is 0. The minimum atomic E-state index is -1.05. The van der Waals surface area contributed by atoms with Gasteiger partial charge in [0.25, 0.3) is 5.91 Å². The molecular weight excluding hydrogens is 342 g/mol. The number of carbonyl (C=O) groups excluding carboxylic acids is 1. The second-order valence-electron chi connectivity index (χ2n) is 5.83. The van der Waals surface area contributed by atoms with Crippen molar-refractivity contribution in [2.24, 2.45) is 0 Å². The van der Waals surface area contributed by atoms with Crippen LogP contribution in [0, 0.1) is 0 Å². The van der Waals surface area contributed by atoms with E-state index < -0.39 is 5.97 Å². The number of carboxylic acids is 1. The summed E-state index contributed by atoms with van der Waals surface area (Å²) in [7, 11) is 0. The molecule has 0 atom stereocenters. The molecule has 1 saturated heterocycles. The van der Waals surface area contributed by atoms with Crippen molar-refractivity contribution in [3.63, 3.8) is 0 Å². The third-order valence-corrected chi connectivity index (χ3v) is 4.37. The SMILES string of the molecule is O=C(O)c1cccc(N2CCCN(C(=O)c3cccc(Cl)c3)CC2)n1. The molecule has 3 rings (SSSR count). The van der Waals surface area contributed by atoms with E-state index in [2.05, 4.69) is 4.98 Å². The van der Waals surface area contributed by atoms with Gasteiger partial charge >= 0.3 is 5.97 Å². The molecular formula is C18H18ClN3O3. The van der Waals surface area contributed by atoms with Gasteiger partial charge in [0.05, 0.1) is 0 Å². The fourth-order valence-corrected chi connectivity index (χ4v) is 3.06. The highest BCUT2D eigenvalue weighted by molar-refractivity contribution is 6.30. The van der Waals surface area contributed by atoms with E-state index in [1.54, 1.807) is 41.3 Å². The average Bonchev–Trinajstić information content (AvgIpc) is 2.87. The third kappa shape index (κ3) is 4.09. The first kappa shape index (κ1) is 17.2. The molecule has 0 spiro atoms. The van der Waals surface area contributed by atoms with Crippen LogP contribution in [0.5, 0.6) is 0 Å². The normalized spacial score (nSPS) is 14.9. The van der Waals surface area contributed by atoms with E-state index in [0.717, 1.165) is 13.0 Å². The second kappa shape index (κ2) is 7.53. The van der Waals surface area contributed by atoms with Crippen LogP contribution in [0.25, 0.3) is 0 Å². The molecule has 25 heavy (non-hydrogen) atoms. The average molecular weight is 360 g/mol. The minimum absolute atomic E-state index is 0.0219. The molecule has 2 aromatic rings. The highest BCUT2D eigenvalue weighted by Gasteiger charge is 2.21. The van der Waals surface area contributed by atoms with E-state index in [0.29, 0.717) is 36.0 Å². The van der Waals surface area contributed by atoms with Gasteiger partial charge in [-0.05, 0) is 36.8 Å². The Balaban J connectivity index is 1.71. The summed E-state index contributed by atoms with van der Waals surface area (Å²) in [6.07, 6.45) is 0.783. The van der Waals surface area contributed by atoms with Crippen LogP contribution in [-0.2, 0) is 0 Å². The van der Waals surface area contributed by atoms with Gasteiger partial charge in [-0.3, -0.25) is 4.79 Å². The lowest BCUT2D eigenvalue weighted by Crippen LogP contribution is -2.35. The van der Waals surface area contributed by atoms with Gasteiger partial charge in [-0.25, -0.2) is 9.78 Å². The first-order valence-electron chi connectivity index (χ1n) is 8.05. The summed E-state index contributed by atoms with van der Waals surface area (Å²) in [6.45, 7) is 2.50. The van der Waals surface area contributed by atoms with Crippen molar-refractivity contribution in [3.05, 3.63) is 58.7 Å². The Morgan fingerprint density at radius 2 is 1.84 bits per heavy atom. The summed E-state index contributed by atoms with van der Waals surface area (Å²) in [5, 5.41) is 9.62. The Hall–Kier alpha value is -2.60. The van der Waals surface area contributed by atoms with Crippen molar-refractivity contribution in [3.8, 4) is 0 Å². The molecule has 0 bridgehead atoms. The van der Waals surface area contributed by atoms with Crippen LogP contribution in [0.2, 0.25) is 5.02 Å². The molecule has 1 aliphatic rings. The standard InChI is InChI=1S/C18H18ClN3O3/c19-14-5-1-4-13(12-14)17(23)22-9-3-8-21(10-11-22)16-7-2-6-15(20-16)18(24)25/h1-2,4-7,12H,3,8-11H2,(H,24,25). The zero-order chi connectivity index (χ0) is 17.8. The molecule has 1 aliphatic heterocycles. The summed E-state index contributed by atoms with van der Waals surface area (Å²) in [5.74, 6) is -0.469. The van der Waals surface area contributed by atoms with Crippen LogP contribution < -0.4 is 4.90 Å². The van der Waals surface area contributed by atoms with Crippen molar-refractivity contribution in [2.75, 3.05) is 31.1 Å². The Morgan fingerprint density at radius 3 is 2.60 bits per heavy atom. The molecule has 130 valence electrons. The lowest BCUT2D eigenvalue weighted by atomic mass is 10.2. The zero-order valence-corrected chi connectivity index (χ0v) is 14.3. The van der Waals surface area contributed by atoms with Crippen molar-refractivity contribution in [1.82, 2.24) is 9.88 Å². The number of amides is 1. The topological polar surface area (TPSA) is 73.7 Å². The Morgan fingerprint density at radius 1 is 1.04 bits per heavy atom. The number of hydrogen-bond acceptors (Lipinski definition) is 4. The predicted molar refractivity (Wildman–Crippen MR) is 95.4 cm³/mol. The van der Waals surface area contributed by atoms with Crippen molar-refractivity contribution >= 4 is 29.3 Å². The summed E-state index contributed by atoms with van der Waals surface area (Å²) in [5.41, 5.74) is 0.598. The van der Waals surface area contributed by atoms with Gasteiger partial charge in [-0.2, -0.15) is 0 Å². The minimum Gasteiger partial charge on any atom is -0.477 e. The number of carboxylic acid groups (broad SMARTS) is 1. The molecule has 1 aromatic heterocycles. The number of rotatable bonds is 3. The molecule has 0 radical (unpaired) electrons. The summed E-state index contributed by atoms with van der Waals surface area (Å²) in [6, 6.07) is 11.9. The van der Waals surface area contributed by atoms with E-state index in [9.17, 15) is 9.59 Å². The number of aromatic nitrogens is 1. The van der Waals surface area contributed by atoms with Crippen LogP contribution in [0.15, 0.2) is 42.5 Å². The number of aromatic carboxylic acids is 1. The fourth-order valence-electron chi connectivity index (χ4n) is 2.87. The Bertz CT molecular complexity index is 797. The van der Waals surface area contributed by atoms with E-state index >= 15 is 0 Å². The molecule has 0 aliphatic carbocycles. The highest BCUT2D eigenvalue weighted by atomic mass is 35.5. The van der Waals surface area contributed by atoms with Gasteiger partial charge < -0.3 is 14.9 Å². The monoisotopic (exact) mass is 359 g/mol. The lowest BCUT2D eigenvalue weighted by Gasteiger charge is -2.23. The molecule has 0 unspecified atom stereocenters. The number of halogens is 1. The molecule has 1 aromatic carbocycles. The largest absolute Gasteiger partial charge is 0.477 e. The number of nitrogens with zero attached hydrogens (tertiary/aromatic N) is 3. The third-order valence-electron chi connectivity index (χ3n) is 4.13. The smallest absolute Gasteiger partial charge is 0.354 e. The molecule has 2 heterocycles. The number of pyridine rings is 1. The van der Waals surface area contributed by atoms with Crippen molar-refractivity contribution in [2.45, 2.75) is 6.42 Å². The van der Waals surface area contributed by atoms with Gasteiger partial charge in [0.2, 0.25) is 0 Å². The fraction of sp³-hybridized carbons (Fsp3) is 0.278. The maximum Gasteiger partial charge on any atom is 0.354 e. The lowest BCUT2D eigenvalue weighted by molar-refractivity contribution is 0.0689. The maximum atomic E-state index is 12.6. The van der Waals surface area contributed by atoms with Gasteiger partial charge in [-0.1, -0.05) is 23.7 Å². The van der Waals surface area contributed by atoms with E-state index in [4.69, 9.17) is 16.7 Å². The molecule has 6 nitrogen and oxygen atoms in total. The van der Waals surface area contributed by atoms with Crippen LogP contribution in [0.4, 0.5) is 5.82 Å². The van der Waals surface area contributed by atoms with E-state index in [1.165, 1.54) is 6.07 Å². The Kier molecular flexibility index (Phi) is 5.19. The zero-order valence-electron chi connectivity index (χ0n) is 13.6. The molecule has 7 heteroatoms. The van der Waals surface area contributed by atoms with Crippen LogP contribution in [-0.4, -0.2) is 53.0 Å². The van der Waals surface area contributed by atoms with Gasteiger partial charge in [-0.15, -0.1) is 0 Å². The molecule has 0 saturated carbocycles. The van der Waals surface area contributed by atoms with Crippen LogP contribution >= 0.6 is 11.6 Å². The van der Waals surface area contributed by atoms with Gasteiger partial charge in [0, 0.05) is 36.8 Å². The van der Waals surface area contributed by atoms with Gasteiger partial charge in [0.1, 0.15) is 5.82 Å². The molecule has 1 N–H and O–H groups in total. The number of benzene rings is 1. The maximum absolute atomic E-state index is 12.6. The summed E-state index contributed by atoms with van der Waals surface area (Å²) in [4.78, 5) is 31.7. The second-order valence-corrected chi connectivity index (χ2v) is 6.27. The molecule has 1 fully saturated rings. The van der Waals surface area contributed by atoms with Crippen molar-refractivity contribution in [1.29, 1.82) is 0 Å². The number of hydrogen-bond donors (Lipinski definition) is 1. The predicted octanol–water partition coefficient (Wildman–Crippen LogP) is 2.79. The number of anilines is 1. The quantitative estimate of drug-likeness (QED) is 0.912. The van der Waals surface area contributed by atoms with Crippen molar-refractivity contribution < 1.29 is 14.7 Å². The number of carbonyl (C=O) groups is 2. The van der Waals surface area contributed by atoms with Crippen LogP contribution in [0.1, 0.15) is 27.3 Å². The Labute approximate surface area is 150 Å². The first-order chi connectivity index (χ1) is 12.0. The van der Waals surface area contributed by atoms with E-state index in [1.807, 2.05) is 4.90 Å². The molecule has 1 amide bonds. The summed E-state index contributed by atoms with van der Waals surface area (Å²) >= 11 is 5.97.